The van der Waals surface area contributed by atoms with Gasteiger partial charge in [0.25, 0.3) is 0 Å². The number of halogens is 3. The summed E-state index contributed by atoms with van der Waals surface area (Å²) in [5.74, 6) is 0.503. The molecule has 0 aliphatic heterocycles. The van der Waals surface area contributed by atoms with Crippen LogP contribution in [0.3, 0.4) is 0 Å². The van der Waals surface area contributed by atoms with Crippen molar-refractivity contribution in [1.29, 1.82) is 0 Å². The minimum absolute atomic E-state index is 0.160. The van der Waals surface area contributed by atoms with Crippen molar-refractivity contribution in [1.82, 2.24) is 10.1 Å². The van der Waals surface area contributed by atoms with Gasteiger partial charge in [0.1, 0.15) is 0 Å². The average molecular weight is 397 g/mol. The van der Waals surface area contributed by atoms with E-state index in [0.29, 0.717) is 44.5 Å². The number of nitrogens with one attached hydrogen (secondary N) is 1. The Morgan fingerprint density at radius 1 is 1.04 bits per heavy atom. The highest BCUT2D eigenvalue weighted by atomic mass is 35.5. The van der Waals surface area contributed by atoms with Crippen molar-refractivity contribution in [2.24, 2.45) is 0 Å². The van der Waals surface area contributed by atoms with E-state index < -0.39 is 0 Å². The molecule has 1 aromatic heterocycles. The zero-order valence-electron chi connectivity index (χ0n) is 12.8. The van der Waals surface area contributed by atoms with Gasteiger partial charge in [0.15, 0.2) is 0 Å². The SMILES string of the molecule is O=C(CCc1nc(-c2ccccc2Cl)no1)Nc1cccc(Cl)c1Cl. The van der Waals surface area contributed by atoms with E-state index in [0.717, 1.165) is 0 Å². The molecule has 1 heterocycles. The zero-order valence-corrected chi connectivity index (χ0v) is 15.1. The van der Waals surface area contributed by atoms with E-state index in [-0.39, 0.29) is 12.3 Å². The first-order chi connectivity index (χ1) is 12.0. The van der Waals surface area contributed by atoms with Gasteiger partial charge < -0.3 is 9.84 Å². The van der Waals surface area contributed by atoms with Crippen molar-refractivity contribution in [3.63, 3.8) is 0 Å². The molecule has 0 unspecified atom stereocenters. The van der Waals surface area contributed by atoms with Crippen molar-refractivity contribution in [2.75, 3.05) is 5.32 Å². The minimum Gasteiger partial charge on any atom is -0.339 e. The molecule has 2 aromatic carbocycles. The number of carbonyl (C=O) groups excluding carboxylic acids is 1. The van der Waals surface area contributed by atoms with E-state index in [1.165, 1.54) is 0 Å². The molecule has 0 bridgehead atoms. The maximum atomic E-state index is 12.1. The predicted molar refractivity (Wildman–Crippen MR) is 98.2 cm³/mol. The minimum atomic E-state index is -0.235. The number of hydrogen-bond donors (Lipinski definition) is 1. The van der Waals surface area contributed by atoms with E-state index >= 15 is 0 Å². The molecule has 0 saturated heterocycles. The first-order valence-corrected chi connectivity index (χ1v) is 8.49. The Labute approximate surface area is 158 Å². The Hall–Kier alpha value is -2.08. The van der Waals surface area contributed by atoms with Crippen LogP contribution in [0.15, 0.2) is 47.0 Å². The smallest absolute Gasteiger partial charge is 0.227 e. The Balaban J connectivity index is 1.62. The molecule has 1 amide bonds. The van der Waals surface area contributed by atoms with Crippen LogP contribution in [0.2, 0.25) is 15.1 Å². The van der Waals surface area contributed by atoms with Gasteiger partial charge in [-0.05, 0) is 24.3 Å². The van der Waals surface area contributed by atoms with Gasteiger partial charge in [-0.15, -0.1) is 0 Å². The maximum Gasteiger partial charge on any atom is 0.227 e. The van der Waals surface area contributed by atoms with Crippen molar-refractivity contribution in [3.05, 3.63) is 63.4 Å². The molecule has 0 aliphatic rings. The maximum absolute atomic E-state index is 12.1. The molecule has 8 heteroatoms. The van der Waals surface area contributed by atoms with Gasteiger partial charge in [-0.2, -0.15) is 4.98 Å². The van der Waals surface area contributed by atoms with E-state index in [2.05, 4.69) is 15.5 Å². The Morgan fingerprint density at radius 3 is 2.60 bits per heavy atom. The van der Waals surface area contributed by atoms with Crippen molar-refractivity contribution in [3.8, 4) is 11.4 Å². The highest BCUT2D eigenvalue weighted by Crippen LogP contribution is 2.29. The Kier molecular flexibility index (Phi) is 5.58. The van der Waals surface area contributed by atoms with Gasteiger partial charge in [-0.3, -0.25) is 4.79 Å². The molecule has 0 fully saturated rings. The lowest BCUT2D eigenvalue weighted by Gasteiger charge is -2.07. The summed E-state index contributed by atoms with van der Waals surface area (Å²) in [7, 11) is 0. The summed E-state index contributed by atoms with van der Waals surface area (Å²) in [6.45, 7) is 0. The summed E-state index contributed by atoms with van der Waals surface area (Å²) in [4.78, 5) is 16.3. The number of rotatable bonds is 5. The number of anilines is 1. The third kappa shape index (κ3) is 4.31. The van der Waals surface area contributed by atoms with Crippen LogP contribution in [0.25, 0.3) is 11.4 Å². The summed E-state index contributed by atoms with van der Waals surface area (Å²) in [5, 5.41) is 7.81. The summed E-state index contributed by atoms with van der Waals surface area (Å²) in [6.07, 6.45) is 0.453. The van der Waals surface area contributed by atoms with Crippen LogP contribution < -0.4 is 5.32 Å². The lowest BCUT2D eigenvalue weighted by atomic mass is 10.2. The first kappa shape index (κ1) is 17.7. The average Bonchev–Trinajstić information content (AvgIpc) is 3.06. The molecule has 3 rings (SSSR count). The third-order valence-electron chi connectivity index (χ3n) is 3.37. The van der Waals surface area contributed by atoms with Crippen LogP contribution in [-0.2, 0) is 11.2 Å². The molecule has 5 nitrogen and oxygen atoms in total. The molecule has 0 saturated carbocycles. The molecule has 25 heavy (non-hydrogen) atoms. The molecule has 0 radical (unpaired) electrons. The van der Waals surface area contributed by atoms with Gasteiger partial charge in [0.2, 0.25) is 17.6 Å². The van der Waals surface area contributed by atoms with E-state index in [9.17, 15) is 4.79 Å². The fraction of sp³-hybridized carbons (Fsp3) is 0.118. The number of carbonyl (C=O) groups is 1. The first-order valence-electron chi connectivity index (χ1n) is 7.36. The highest BCUT2D eigenvalue weighted by Gasteiger charge is 2.13. The second kappa shape index (κ2) is 7.87. The number of amides is 1. The van der Waals surface area contributed by atoms with Gasteiger partial charge in [0, 0.05) is 18.4 Å². The molecule has 3 aromatic rings. The second-order valence-corrected chi connectivity index (χ2v) is 6.33. The van der Waals surface area contributed by atoms with Gasteiger partial charge in [0.05, 0.1) is 20.8 Å². The molecule has 1 N–H and O–H groups in total. The van der Waals surface area contributed by atoms with Crippen LogP contribution >= 0.6 is 34.8 Å². The van der Waals surface area contributed by atoms with E-state index in [1.54, 1.807) is 30.3 Å². The van der Waals surface area contributed by atoms with Crippen LogP contribution in [0.1, 0.15) is 12.3 Å². The number of aryl methyl sites for hydroxylation is 1. The van der Waals surface area contributed by atoms with Crippen LogP contribution in [0, 0.1) is 0 Å². The number of benzene rings is 2. The second-order valence-electron chi connectivity index (χ2n) is 5.14. The lowest BCUT2D eigenvalue weighted by molar-refractivity contribution is -0.116. The quantitative estimate of drug-likeness (QED) is 0.638. The zero-order chi connectivity index (χ0) is 17.8. The Morgan fingerprint density at radius 2 is 1.80 bits per heavy atom. The van der Waals surface area contributed by atoms with Gasteiger partial charge in [-0.25, -0.2) is 0 Å². The molecule has 0 aliphatic carbocycles. The standard InChI is InChI=1S/C17H12Cl3N3O2/c18-11-5-2-1-4-10(11)17-22-15(25-23-17)9-8-14(24)21-13-7-3-6-12(19)16(13)20/h1-7H,8-9H2,(H,21,24). The molecule has 0 spiro atoms. The predicted octanol–water partition coefficient (Wildman–Crippen LogP) is 5.27. The van der Waals surface area contributed by atoms with Crippen molar-refractivity contribution in [2.45, 2.75) is 12.8 Å². The summed E-state index contributed by atoms with van der Waals surface area (Å²) in [6, 6.07) is 12.2. The molecule has 128 valence electrons. The monoisotopic (exact) mass is 395 g/mol. The number of nitrogens with zero attached hydrogens (tertiary/aromatic N) is 2. The summed E-state index contributed by atoms with van der Waals surface area (Å²) in [5.41, 5.74) is 1.13. The largest absolute Gasteiger partial charge is 0.339 e. The fourth-order valence-electron chi connectivity index (χ4n) is 2.14. The third-order valence-corrected chi connectivity index (χ3v) is 4.52. The van der Waals surface area contributed by atoms with Gasteiger partial charge in [-0.1, -0.05) is 58.2 Å². The van der Waals surface area contributed by atoms with Crippen LogP contribution in [0.4, 0.5) is 5.69 Å². The molecule has 0 atom stereocenters. The number of aromatic nitrogens is 2. The van der Waals surface area contributed by atoms with Gasteiger partial charge >= 0.3 is 0 Å². The highest BCUT2D eigenvalue weighted by molar-refractivity contribution is 6.44. The molecular formula is C17H12Cl3N3O2. The van der Waals surface area contributed by atoms with E-state index in [1.807, 2.05) is 12.1 Å². The fourth-order valence-corrected chi connectivity index (χ4v) is 2.71. The van der Waals surface area contributed by atoms with E-state index in [4.69, 9.17) is 39.3 Å². The van der Waals surface area contributed by atoms with Crippen molar-refractivity contribution < 1.29 is 9.32 Å². The topological polar surface area (TPSA) is 68.0 Å². The van der Waals surface area contributed by atoms with Crippen molar-refractivity contribution >= 4 is 46.4 Å². The normalized spacial score (nSPS) is 10.7. The molecular weight excluding hydrogens is 385 g/mol. The van der Waals surface area contributed by atoms with Crippen LogP contribution in [-0.4, -0.2) is 16.0 Å². The Bertz CT molecular complexity index is 912. The summed E-state index contributed by atoms with van der Waals surface area (Å²) < 4.78 is 5.17. The van der Waals surface area contributed by atoms with Crippen LogP contribution in [0.5, 0.6) is 0 Å². The lowest BCUT2D eigenvalue weighted by Crippen LogP contribution is -2.12. The number of hydrogen-bond acceptors (Lipinski definition) is 4. The summed E-state index contributed by atoms with van der Waals surface area (Å²) >= 11 is 18.1.